The van der Waals surface area contributed by atoms with Crippen LogP contribution in [0.15, 0.2) is 24.3 Å². The molecule has 2 aromatic heterocycles. The van der Waals surface area contributed by atoms with E-state index in [1.165, 1.54) is 4.63 Å². The highest BCUT2D eigenvalue weighted by Crippen LogP contribution is 2.29. The first-order chi connectivity index (χ1) is 14.5. The standard InChI is InChI=1S/C21H26FN5O3/c1-13-3-5-16(6-4-13)21(28)30-12-29-11-23-17-9-7-15(8-10-17)19-24-20-18(22)14(2)25-27(20)26-19/h7-10,13,16,23,25H,3-6,11-12H2,1-2H3. The Bertz CT molecular complexity index is 1010. The van der Waals surface area contributed by atoms with Crippen molar-refractivity contribution in [3.05, 3.63) is 35.8 Å². The van der Waals surface area contributed by atoms with Crippen LogP contribution in [-0.2, 0) is 14.3 Å². The zero-order valence-electron chi connectivity index (χ0n) is 17.2. The molecule has 4 rings (SSSR count). The van der Waals surface area contributed by atoms with Gasteiger partial charge in [-0.3, -0.25) is 9.89 Å². The van der Waals surface area contributed by atoms with Gasteiger partial charge in [-0.25, -0.2) is 9.37 Å². The SMILES string of the molecule is Cc1[nH]n2nc(-c3ccc(NCOCOC(=O)C4CCC(C)CC4)cc3)nc2c1F. The number of aromatic nitrogens is 4. The van der Waals surface area contributed by atoms with Gasteiger partial charge in [-0.15, -0.1) is 5.10 Å². The minimum absolute atomic E-state index is 0.00585. The number of ether oxygens (including phenoxy) is 2. The molecule has 1 aliphatic carbocycles. The number of aryl methyl sites for hydroxylation is 1. The van der Waals surface area contributed by atoms with Crippen molar-refractivity contribution in [2.45, 2.75) is 39.5 Å². The number of halogens is 1. The summed E-state index contributed by atoms with van der Waals surface area (Å²) in [4.78, 5) is 16.3. The van der Waals surface area contributed by atoms with Gasteiger partial charge in [0, 0.05) is 11.3 Å². The van der Waals surface area contributed by atoms with Crippen LogP contribution in [-0.4, -0.2) is 39.3 Å². The highest BCUT2D eigenvalue weighted by atomic mass is 19.1. The summed E-state index contributed by atoms with van der Waals surface area (Å²) in [6, 6.07) is 7.38. The van der Waals surface area contributed by atoms with Gasteiger partial charge in [-0.05, 0) is 62.8 Å². The fourth-order valence-electron chi connectivity index (χ4n) is 3.66. The van der Waals surface area contributed by atoms with Gasteiger partial charge in [0.25, 0.3) is 0 Å². The molecule has 0 atom stereocenters. The van der Waals surface area contributed by atoms with Crippen LogP contribution in [0, 0.1) is 24.6 Å². The molecule has 1 aromatic carbocycles. The van der Waals surface area contributed by atoms with E-state index < -0.39 is 5.82 Å². The lowest BCUT2D eigenvalue weighted by Crippen LogP contribution is -2.24. The number of H-pyrrole nitrogens is 1. The average Bonchev–Trinajstić information content (AvgIpc) is 3.27. The first kappa shape index (κ1) is 20.3. The number of nitrogens with zero attached hydrogens (tertiary/aromatic N) is 3. The number of aromatic amines is 1. The van der Waals surface area contributed by atoms with E-state index in [4.69, 9.17) is 9.47 Å². The van der Waals surface area contributed by atoms with Crippen LogP contribution in [0.4, 0.5) is 10.1 Å². The van der Waals surface area contributed by atoms with Crippen molar-refractivity contribution in [1.29, 1.82) is 0 Å². The van der Waals surface area contributed by atoms with E-state index in [9.17, 15) is 9.18 Å². The third-order valence-corrected chi connectivity index (χ3v) is 5.56. The Morgan fingerprint density at radius 1 is 1.27 bits per heavy atom. The van der Waals surface area contributed by atoms with E-state index in [0.717, 1.165) is 36.9 Å². The molecule has 0 spiro atoms. The zero-order chi connectivity index (χ0) is 21.1. The molecule has 160 valence electrons. The predicted octanol–water partition coefficient (Wildman–Crippen LogP) is 3.88. The first-order valence-corrected chi connectivity index (χ1v) is 10.2. The quantitative estimate of drug-likeness (QED) is 0.346. The number of fused-ring (bicyclic) bond motifs is 1. The van der Waals surface area contributed by atoms with Gasteiger partial charge < -0.3 is 14.8 Å². The first-order valence-electron chi connectivity index (χ1n) is 10.2. The number of esters is 1. The Morgan fingerprint density at radius 2 is 2.00 bits per heavy atom. The monoisotopic (exact) mass is 415 g/mol. The Morgan fingerprint density at radius 3 is 2.70 bits per heavy atom. The molecule has 2 heterocycles. The molecule has 1 aliphatic rings. The number of carbonyl (C=O) groups excluding carboxylic acids is 1. The summed E-state index contributed by atoms with van der Waals surface area (Å²) in [7, 11) is 0. The summed E-state index contributed by atoms with van der Waals surface area (Å²) >= 11 is 0. The summed E-state index contributed by atoms with van der Waals surface area (Å²) in [5.74, 6) is 0.577. The maximum Gasteiger partial charge on any atom is 0.311 e. The molecule has 0 aliphatic heterocycles. The summed E-state index contributed by atoms with van der Waals surface area (Å²) in [5, 5.41) is 10.2. The largest absolute Gasteiger partial charge is 0.438 e. The molecular formula is C21H26FN5O3. The number of nitrogens with one attached hydrogen (secondary N) is 2. The molecule has 3 aromatic rings. The molecule has 2 N–H and O–H groups in total. The van der Waals surface area contributed by atoms with Crippen LogP contribution >= 0.6 is 0 Å². The summed E-state index contributed by atoms with van der Waals surface area (Å²) < 4.78 is 25.8. The molecule has 0 unspecified atom stereocenters. The Kier molecular flexibility index (Phi) is 5.98. The van der Waals surface area contributed by atoms with E-state index in [2.05, 4.69) is 27.4 Å². The number of carbonyl (C=O) groups is 1. The van der Waals surface area contributed by atoms with Gasteiger partial charge >= 0.3 is 5.97 Å². The molecule has 30 heavy (non-hydrogen) atoms. The molecule has 1 saturated carbocycles. The van der Waals surface area contributed by atoms with E-state index in [0.29, 0.717) is 17.4 Å². The fourth-order valence-corrected chi connectivity index (χ4v) is 3.66. The van der Waals surface area contributed by atoms with Crippen molar-refractivity contribution in [2.24, 2.45) is 11.8 Å². The minimum atomic E-state index is -0.400. The second kappa shape index (κ2) is 8.83. The van der Waals surface area contributed by atoms with Gasteiger partial charge in [0.1, 0.15) is 6.73 Å². The van der Waals surface area contributed by atoms with Gasteiger partial charge in [-0.1, -0.05) is 6.92 Å². The van der Waals surface area contributed by atoms with E-state index in [1.807, 2.05) is 24.3 Å². The minimum Gasteiger partial charge on any atom is -0.438 e. The van der Waals surface area contributed by atoms with Gasteiger partial charge in [0.15, 0.2) is 18.4 Å². The summed E-state index contributed by atoms with van der Waals surface area (Å²) in [5.41, 5.74) is 2.18. The fraction of sp³-hybridized carbons (Fsp3) is 0.476. The van der Waals surface area contributed by atoms with Crippen LogP contribution in [0.5, 0.6) is 0 Å². The maximum absolute atomic E-state index is 13.9. The molecule has 0 amide bonds. The third kappa shape index (κ3) is 4.46. The smallest absolute Gasteiger partial charge is 0.311 e. The summed E-state index contributed by atoms with van der Waals surface area (Å²) in [6.07, 6.45) is 3.96. The Hall–Kier alpha value is -2.94. The van der Waals surface area contributed by atoms with Crippen LogP contribution in [0.2, 0.25) is 0 Å². The number of benzene rings is 1. The summed E-state index contributed by atoms with van der Waals surface area (Å²) in [6.45, 7) is 4.00. The lowest BCUT2D eigenvalue weighted by atomic mass is 9.83. The van der Waals surface area contributed by atoms with Gasteiger partial charge in [-0.2, -0.15) is 4.63 Å². The van der Waals surface area contributed by atoms with E-state index in [1.54, 1.807) is 6.92 Å². The van der Waals surface area contributed by atoms with Crippen molar-refractivity contribution >= 4 is 17.3 Å². The number of hydrogen-bond donors (Lipinski definition) is 2. The number of rotatable bonds is 7. The molecule has 1 fully saturated rings. The normalized spacial score (nSPS) is 19.2. The molecule has 0 bridgehead atoms. The van der Waals surface area contributed by atoms with Crippen molar-refractivity contribution in [1.82, 2.24) is 19.8 Å². The number of anilines is 1. The van der Waals surface area contributed by atoms with Crippen LogP contribution in [0.3, 0.4) is 0 Å². The lowest BCUT2D eigenvalue weighted by molar-refractivity contribution is -0.162. The zero-order valence-corrected chi connectivity index (χ0v) is 17.2. The second-order valence-electron chi connectivity index (χ2n) is 7.86. The van der Waals surface area contributed by atoms with Crippen molar-refractivity contribution in [3.8, 4) is 11.4 Å². The average molecular weight is 415 g/mol. The maximum atomic E-state index is 13.9. The predicted molar refractivity (Wildman–Crippen MR) is 109 cm³/mol. The van der Waals surface area contributed by atoms with Crippen LogP contribution in [0.25, 0.3) is 17.0 Å². The van der Waals surface area contributed by atoms with E-state index >= 15 is 0 Å². The highest BCUT2D eigenvalue weighted by molar-refractivity contribution is 5.72. The van der Waals surface area contributed by atoms with Crippen molar-refractivity contribution in [2.75, 3.05) is 18.8 Å². The highest BCUT2D eigenvalue weighted by Gasteiger charge is 2.25. The van der Waals surface area contributed by atoms with Crippen molar-refractivity contribution < 1.29 is 18.7 Å². The second-order valence-corrected chi connectivity index (χ2v) is 7.86. The van der Waals surface area contributed by atoms with E-state index in [-0.39, 0.29) is 31.1 Å². The van der Waals surface area contributed by atoms with Gasteiger partial charge in [0.2, 0.25) is 5.65 Å². The topological polar surface area (TPSA) is 93.5 Å². The molecule has 8 nitrogen and oxygen atoms in total. The Balaban J connectivity index is 1.21. The van der Waals surface area contributed by atoms with Crippen LogP contribution in [0.1, 0.15) is 38.3 Å². The van der Waals surface area contributed by atoms with Gasteiger partial charge in [0.05, 0.1) is 11.6 Å². The molecule has 9 heteroatoms. The lowest BCUT2D eigenvalue weighted by Gasteiger charge is -2.24. The van der Waals surface area contributed by atoms with Crippen LogP contribution < -0.4 is 5.32 Å². The molecule has 0 saturated heterocycles. The Labute approximate surface area is 173 Å². The van der Waals surface area contributed by atoms with Crippen molar-refractivity contribution in [3.63, 3.8) is 0 Å². The third-order valence-electron chi connectivity index (χ3n) is 5.56. The molecule has 0 radical (unpaired) electrons. The number of hydrogen-bond acceptors (Lipinski definition) is 6. The molecular weight excluding hydrogens is 389 g/mol.